The highest BCUT2D eigenvalue weighted by Crippen LogP contribution is 2.22. The Morgan fingerprint density at radius 3 is 2.63 bits per heavy atom. The van der Waals surface area contributed by atoms with Crippen LogP contribution in [0.3, 0.4) is 0 Å². The summed E-state index contributed by atoms with van der Waals surface area (Å²) in [5.74, 6) is -0.124. The van der Waals surface area contributed by atoms with Crippen LogP contribution in [-0.2, 0) is 0 Å². The second-order valence-electron chi connectivity index (χ2n) is 6.92. The van der Waals surface area contributed by atoms with E-state index < -0.39 is 5.97 Å². The number of unbranched alkanes of at least 4 members (excludes halogenated alkanes) is 3. The van der Waals surface area contributed by atoms with Gasteiger partial charge in [0.2, 0.25) is 0 Å². The molecule has 0 amide bonds. The summed E-state index contributed by atoms with van der Waals surface area (Å²) in [5, 5.41) is 9.68. The molecular weight excluding hydrogens is 404 g/mol. The molecule has 0 spiro atoms. The molecule has 156 valence electrons. The summed E-state index contributed by atoms with van der Waals surface area (Å²) in [7, 11) is 0. The number of H-pyrrole nitrogens is 1. The lowest BCUT2D eigenvalue weighted by Crippen LogP contribution is -2.11. The van der Waals surface area contributed by atoms with Crippen LogP contribution in [0.1, 0.15) is 54.4 Å². The molecule has 0 unspecified atom stereocenters. The van der Waals surface area contributed by atoms with Gasteiger partial charge in [-0.15, -0.1) is 0 Å². The maximum Gasteiger partial charge on any atom is 0.335 e. The minimum Gasteiger partial charge on any atom is -0.494 e. The van der Waals surface area contributed by atoms with Crippen LogP contribution >= 0.6 is 11.6 Å². The molecule has 6 nitrogen and oxygen atoms in total. The average molecular weight is 427 g/mol. The van der Waals surface area contributed by atoms with Crippen molar-refractivity contribution >= 4 is 39.6 Å². The second-order valence-corrected chi connectivity index (χ2v) is 7.33. The molecule has 30 heavy (non-hydrogen) atoms. The molecule has 2 aromatic carbocycles. The molecule has 0 aliphatic heterocycles. The first-order valence-corrected chi connectivity index (χ1v) is 10.2. The first-order chi connectivity index (χ1) is 14.5. The highest BCUT2D eigenvalue weighted by molar-refractivity contribution is 6.50. The second kappa shape index (κ2) is 10.1. The number of nitrogens with one attached hydrogen (secondary N) is 1. The van der Waals surface area contributed by atoms with Crippen molar-refractivity contribution in [3.63, 3.8) is 0 Å². The van der Waals surface area contributed by atoms with E-state index in [1.54, 1.807) is 6.08 Å². The number of carboxylic acid groups (broad SMARTS) is 1. The summed E-state index contributed by atoms with van der Waals surface area (Å²) in [6.45, 7) is 2.87. The fourth-order valence-corrected chi connectivity index (χ4v) is 3.19. The lowest BCUT2D eigenvalue weighted by molar-refractivity contribution is 0.0697. The molecule has 0 aliphatic rings. The number of rotatable bonds is 9. The van der Waals surface area contributed by atoms with Crippen molar-refractivity contribution in [3.05, 3.63) is 69.8 Å². The number of benzene rings is 2. The van der Waals surface area contributed by atoms with Crippen LogP contribution in [0.4, 0.5) is 0 Å². The Bertz CT molecular complexity index is 1120. The fourth-order valence-electron chi connectivity index (χ4n) is 2.98. The lowest BCUT2D eigenvalue weighted by atomic mass is 10.1. The Hall–Kier alpha value is -3.12. The van der Waals surface area contributed by atoms with Crippen molar-refractivity contribution in [1.29, 1.82) is 0 Å². The van der Waals surface area contributed by atoms with E-state index in [1.165, 1.54) is 31.0 Å². The minimum absolute atomic E-state index is 0.0527. The molecule has 1 aromatic heterocycles. The van der Waals surface area contributed by atoms with Crippen LogP contribution in [0.5, 0.6) is 5.75 Å². The first kappa shape index (κ1) is 21.6. The molecule has 3 aromatic rings. The number of hydrogen-bond donors (Lipinski definition) is 2. The average Bonchev–Trinajstić information content (AvgIpc) is 2.74. The summed E-state index contributed by atoms with van der Waals surface area (Å²) >= 11 is 6.37. The lowest BCUT2D eigenvalue weighted by Gasteiger charge is -2.06. The Morgan fingerprint density at radius 1 is 1.17 bits per heavy atom. The zero-order valence-electron chi connectivity index (χ0n) is 16.7. The van der Waals surface area contributed by atoms with Gasteiger partial charge in [-0.3, -0.25) is 4.79 Å². The van der Waals surface area contributed by atoms with Gasteiger partial charge >= 0.3 is 5.97 Å². The van der Waals surface area contributed by atoms with Gasteiger partial charge in [0.05, 0.1) is 28.1 Å². The summed E-state index contributed by atoms with van der Waals surface area (Å²) < 4.78 is 5.73. The van der Waals surface area contributed by atoms with Crippen LogP contribution in [0, 0.1) is 0 Å². The van der Waals surface area contributed by atoms with Gasteiger partial charge in [-0.25, -0.2) is 9.78 Å². The van der Waals surface area contributed by atoms with Gasteiger partial charge in [-0.05, 0) is 48.4 Å². The molecule has 0 saturated heterocycles. The van der Waals surface area contributed by atoms with Crippen LogP contribution in [0.2, 0.25) is 0 Å². The van der Waals surface area contributed by atoms with Gasteiger partial charge in [0.25, 0.3) is 5.56 Å². The molecular formula is C23H23ClN2O4. The Balaban J connectivity index is 1.76. The van der Waals surface area contributed by atoms with Crippen molar-refractivity contribution in [3.8, 4) is 5.75 Å². The number of aromatic amines is 1. The highest BCUT2D eigenvalue weighted by Gasteiger charge is 2.10. The van der Waals surface area contributed by atoms with Crippen molar-refractivity contribution < 1.29 is 14.6 Å². The monoisotopic (exact) mass is 426 g/mol. The minimum atomic E-state index is -1.09. The third-order valence-corrected chi connectivity index (χ3v) is 4.91. The predicted molar refractivity (Wildman–Crippen MR) is 119 cm³/mol. The van der Waals surface area contributed by atoms with Crippen LogP contribution in [0.15, 0.2) is 47.3 Å². The van der Waals surface area contributed by atoms with Crippen molar-refractivity contribution in [2.75, 3.05) is 6.61 Å². The topological polar surface area (TPSA) is 92.3 Å². The molecule has 3 rings (SSSR count). The van der Waals surface area contributed by atoms with E-state index in [4.69, 9.17) is 21.4 Å². The first-order valence-electron chi connectivity index (χ1n) is 9.85. The van der Waals surface area contributed by atoms with Crippen LogP contribution < -0.4 is 10.3 Å². The zero-order valence-corrected chi connectivity index (χ0v) is 17.4. The summed E-state index contributed by atoms with van der Waals surface area (Å²) in [4.78, 5) is 30.4. The molecule has 0 atom stereocenters. The van der Waals surface area contributed by atoms with E-state index in [0.29, 0.717) is 12.0 Å². The highest BCUT2D eigenvalue weighted by atomic mass is 35.5. The summed E-state index contributed by atoms with van der Waals surface area (Å²) in [5.41, 5.74) is 0.759. The number of hydrogen-bond acceptors (Lipinski definition) is 4. The predicted octanol–water partition coefficient (Wildman–Crippen LogP) is 5.32. The van der Waals surface area contributed by atoms with Gasteiger partial charge in [-0.2, -0.15) is 0 Å². The molecule has 7 heteroatoms. The molecule has 0 bridgehead atoms. The zero-order chi connectivity index (χ0) is 21.5. The maximum absolute atomic E-state index is 12.3. The molecule has 0 radical (unpaired) electrons. The van der Waals surface area contributed by atoms with E-state index in [0.717, 1.165) is 24.2 Å². The number of carbonyl (C=O) groups is 1. The van der Waals surface area contributed by atoms with Crippen LogP contribution in [0.25, 0.3) is 22.0 Å². The Kier molecular flexibility index (Phi) is 7.25. The SMILES string of the molecule is CCCCCCOc1ccc(C=C(Cl)c2nc3cc(C(=O)O)ccc3c(=O)[nH]2)cc1. The summed E-state index contributed by atoms with van der Waals surface area (Å²) in [6.07, 6.45) is 6.29. The van der Waals surface area contributed by atoms with Crippen molar-refractivity contribution in [2.24, 2.45) is 0 Å². The van der Waals surface area contributed by atoms with Gasteiger partial charge in [0.15, 0.2) is 5.82 Å². The molecule has 0 fully saturated rings. The number of halogens is 1. The molecule has 0 aliphatic carbocycles. The van der Waals surface area contributed by atoms with E-state index in [9.17, 15) is 9.59 Å². The number of fused-ring (bicyclic) bond motifs is 1. The maximum atomic E-state index is 12.3. The van der Waals surface area contributed by atoms with Crippen molar-refractivity contribution in [2.45, 2.75) is 32.6 Å². The van der Waals surface area contributed by atoms with E-state index in [1.807, 2.05) is 24.3 Å². The standard InChI is InChI=1S/C23H23ClN2O4/c1-2-3-4-5-12-30-17-9-6-15(7-10-17)13-19(24)21-25-20-14-16(23(28)29)8-11-18(20)22(27)26-21/h6-11,13-14H,2-5,12H2,1H3,(H,28,29)(H,25,26,27). The van der Waals surface area contributed by atoms with E-state index >= 15 is 0 Å². The smallest absolute Gasteiger partial charge is 0.335 e. The summed E-state index contributed by atoms with van der Waals surface area (Å²) in [6, 6.07) is 11.6. The largest absolute Gasteiger partial charge is 0.494 e. The molecule has 2 N–H and O–H groups in total. The normalized spacial score (nSPS) is 11.6. The van der Waals surface area contributed by atoms with Gasteiger partial charge in [0.1, 0.15) is 5.75 Å². The molecule has 0 saturated carbocycles. The third kappa shape index (κ3) is 5.48. The number of nitrogens with zero attached hydrogens (tertiary/aromatic N) is 1. The Morgan fingerprint density at radius 2 is 1.93 bits per heavy atom. The number of ether oxygens (including phenoxy) is 1. The van der Waals surface area contributed by atoms with Crippen molar-refractivity contribution in [1.82, 2.24) is 9.97 Å². The number of aromatic carboxylic acids is 1. The Labute approximate surface area is 179 Å². The van der Waals surface area contributed by atoms with Crippen LogP contribution in [-0.4, -0.2) is 27.7 Å². The number of aromatic nitrogens is 2. The number of carboxylic acids is 1. The van der Waals surface area contributed by atoms with Gasteiger partial charge in [-0.1, -0.05) is 49.9 Å². The van der Waals surface area contributed by atoms with Gasteiger partial charge < -0.3 is 14.8 Å². The van der Waals surface area contributed by atoms with E-state index in [-0.39, 0.29) is 27.5 Å². The fraction of sp³-hybridized carbons (Fsp3) is 0.261. The quantitative estimate of drug-likeness (QED) is 0.452. The third-order valence-electron chi connectivity index (χ3n) is 4.62. The van der Waals surface area contributed by atoms with E-state index in [2.05, 4.69) is 16.9 Å². The molecule has 1 heterocycles. The van der Waals surface area contributed by atoms with Gasteiger partial charge in [0, 0.05) is 0 Å².